The number of aliphatic hydroxyl groups is 1. The molecular formula is C16H26N2O. The lowest BCUT2D eigenvalue weighted by Crippen LogP contribution is -2.39. The summed E-state index contributed by atoms with van der Waals surface area (Å²) in [7, 11) is 4.24. The van der Waals surface area contributed by atoms with Gasteiger partial charge in [0.1, 0.15) is 0 Å². The van der Waals surface area contributed by atoms with Crippen molar-refractivity contribution >= 4 is 0 Å². The fourth-order valence-electron chi connectivity index (χ4n) is 2.88. The Balaban J connectivity index is 1.94. The van der Waals surface area contributed by atoms with Crippen molar-refractivity contribution in [3.05, 3.63) is 35.4 Å². The van der Waals surface area contributed by atoms with Crippen LogP contribution < -0.4 is 0 Å². The van der Waals surface area contributed by atoms with E-state index in [2.05, 4.69) is 43.0 Å². The van der Waals surface area contributed by atoms with Gasteiger partial charge in [0.15, 0.2) is 0 Å². The first-order valence-corrected chi connectivity index (χ1v) is 7.19. The molecule has 2 rings (SSSR count). The van der Waals surface area contributed by atoms with Crippen molar-refractivity contribution in [1.82, 2.24) is 9.80 Å². The minimum atomic E-state index is -0.372. The second-order valence-electron chi connectivity index (χ2n) is 5.98. The van der Waals surface area contributed by atoms with Crippen LogP contribution >= 0.6 is 0 Å². The highest BCUT2D eigenvalue weighted by Crippen LogP contribution is 2.22. The Morgan fingerprint density at radius 3 is 2.63 bits per heavy atom. The van der Waals surface area contributed by atoms with E-state index in [1.54, 1.807) is 0 Å². The quantitative estimate of drug-likeness (QED) is 0.880. The minimum Gasteiger partial charge on any atom is -0.387 e. The van der Waals surface area contributed by atoms with Gasteiger partial charge >= 0.3 is 0 Å². The zero-order chi connectivity index (χ0) is 13.8. The van der Waals surface area contributed by atoms with Gasteiger partial charge in [0, 0.05) is 19.1 Å². The third-order valence-corrected chi connectivity index (χ3v) is 3.94. The van der Waals surface area contributed by atoms with Crippen molar-refractivity contribution in [2.45, 2.75) is 31.9 Å². The molecule has 1 aromatic rings. The molecule has 19 heavy (non-hydrogen) atoms. The van der Waals surface area contributed by atoms with Crippen LogP contribution in [0.2, 0.25) is 0 Å². The van der Waals surface area contributed by atoms with E-state index in [0.29, 0.717) is 6.04 Å². The van der Waals surface area contributed by atoms with Gasteiger partial charge in [-0.05, 0) is 46.0 Å². The third-order valence-electron chi connectivity index (χ3n) is 3.94. The molecule has 1 saturated heterocycles. The van der Waals surface area contributed by atoms with Gasteiger partial charge in [-0.3, -0.25) is 4.90 Å². The highest BCUT2D eigenvalue weighted by molar-refractivity contribution is 5.23. The van der Waals surface area contributed by atoms with Gasteiger partial charge in [-0.25, -0.2) is 0 Å². The molecule has 0 saturated carbocycles. The van der Waals surface area contributed by atoms with Gasteiger partial charge in [-0.2, -0.15) is 0 Å². The van der Waals surface area contributed by atoms with Crippen molar-refractivity contribution in [3.63, 3.8) is 0 Å². The van der Waals surface area contributed by atoms with Crippen LogP contribution in [0.4, 0.5) is 0 Å². The molecule has 3 heteroatoms. The molecule has 106 valence electrons. The first kappa shape index (κ1) is 14.5. The van der Waals surface area contributed by atoms with Crippen molar-refractivity contribution in [2.24, 2.45) is 0 Å². The lowest BCUT2D eigenvalue weighted by Gasteiger charge is -2.29. The molecule has 1 N–H and O–H groups in total. The number of aliphatic hydroxyl groups excluding tert-OH is 1. The van der Waals surface area contributed by atoms with Crippen molar-refractivity contribution in [2.75, 3.05) is 33.7 Å². The summed E-state index contributed by atoms with van der Waals surface area (Å²) in [5.41, 5.74) is 2.27. The molecule has 0 bridgehead atoms. The predicted molar refractivity (Wildman–Crippen MR) is 79.3 cm³/mol. The summed E-state index contributed by atoms with van der Waals surface area (Å²) < 4.78 is 0. The van der Waals surface area contributed by atoms with Gasteiger partial charge in [0.05, 0.1) is 6.10 Å². The molecule has 1 aromatic carbocycles. The molecule has 0 aromatic heterocycles. The summed E-state index contributed by atoms with van der Waals surface area (Å²) >= 11 is 0. The SMILES string of the molecule is Cc1ccc(C(O)CN2CCCC2CN(C)C)cc1. The van der Waals surface area contributed by atoms with Gasteiger partial charge in [-0.15, -0.1) is 0 Å². The normalized spacial score (nSPS) is 22.1. The molecule has 0 radical (unpaired) electrons. The van der Waals surface area contributed by atoms with E-state index in [4.69, 9.17) is 0 Å². The van der Waals surface area contributed by atoms with Gasteiger partial charge < -0.3 is 10.0 Å². The number of likely N-dealkylation sites (tertiary alicyclic amines) is 1. The number of β-amino-alcohol motifs (C(OH)–C–C–N with tert-alkyl or cyclic N) is 1. The monoisotopic (exact) mass is 262 g/mol. The standard InChI is InChI=1S/C16H26N2O/c1-13-6-8-14(9-7-13)16(19)12-18-10-4-5-15(18)11-17(2)3/h6-9,15-16,19H,4-5,10-12H2,1-3H3. The molecule has 1 heterocycles. The Morgan fingerprint density at radius 2 is 2.00 bits per heavy atom. The van der Waals surface area contributed by atoms with Gasteiger partial charge in [0.2, 0.25) is 0 Å². The van der Waals surface area contributed by atoms with E-state index in [-0.39, 0.29) is 6.10 Å². The lowest BCUT2D eigenvalue weighted by molar-refractivity contribution is 0.0980. The average molecular weight is 262 g/mol. The second kappa shape index (κ2) is 6.51. The van der Waals surface area contributed by atoms with E-state index in [0.717, 1.165) is 25.2 Å². The molecule has 1 aliphatic heterocycles. The van der Waals surface area contributed by atoms with Crippen molar-refractivity contribution in [3.8, 4) is 0 Å². The number of benzene rings is 1. The number of hydrogen-bond acceptors (Lipinski definition) is 3. The molecular weight excluding hydrogens is 236 g/mol. The number of rotatable bonds is 5. The largest absolute Gasteiger partial charge is 0.387 e. The third kappa shape index (κ3) is 4.03. The summed E-state index contributed by atoms with van der Waals surface area (Å²) in [6.07, 6.45) is 2.13. The highest BCUT2D eigenvalue weighted by atomic mass is 16.3. The fourth-order valence-corrected chi connectivity index (χ4v) is 2.88. The Hall–Kier alpha value is -0.900. The van der Waals surface area contributed by atoms with Crippen LogP contribution in [-0.2, 0) is 0 Å². The van der Waals surface area contributed by atoms with Gasteiger partial charge in [0.25, 0.3) is 0 Å². The molecule has 3 nitrogen and oxygen atoms in total. The topological polar surface area (TPSA) is 26.7 Å². The Kier molecular flexibility index (Phi) is 4.97. The van der Waals surface area contributed by atoms with Crippen LogP contribution in [0.3, 0.4) is 0 Å². The minimum absolute atomic E-state index is 0.372. The highest BCUT2D eigenvalue weighted by Gasteiger charge is 2.26. The fraction of sp³-hybridized carbons (Fsp3) is 0.625. The van der Waals surface area contributed by atoms with E-state index < -0.39 is 0 Å². The number of likely N-dealkylation sites (N-methyl/N-ethyl adjacent to an activating group) is 1. The predicted octanol–water partition coefficient (Wildman–Crippen LogP) is 2.05. The molecule has 2 unspecified atom stereocenters. The van der Waals surface area contributed by atoms with Crippen LogP contribution in [0, 0.1) is 6.92 Å². The van der Waals surface area contributed by atoms with E-state index >= 15 is 0 Å². The van der Waals surface area contributed by atoms with E-state index in [9.17, 15) is 5.11 Å². The molecule has 0 amide bonds. The van der Waals surface area contributed by atoms with Crippen molar-refractivity contribution in [1.29, 1.82) is 0 Å². The first-order chi connectivity index (χ1) is 9.06. The first-order valence-electron chi connectivity index (χ1n) is 7.19. The summed E-state index contributed by atoms with van der Waals surface area (Å²) in [4.78, 5) is 4.67. The number of hydrogen-bond donors (Lipinski definition) is 1. The Labute approximate surface area is 116 Å². The zero-order valence-electron chi connectivity index (χ0n) is 12.3. The molecule has 0 aliphatic carbocycles. The average Bonchev–Trinajstić information content (AvgIpc) is 2.76. The van der Waals surface area contributed by atoms with Crippen LogP contribution in [0.15, 0.2) is 24.3 Å². The number of nitrogens with zero attached hydrogens (tertiary/aromatic N) is 2. The van der Waals surface area contributed by atoms with Crippen LogP contribution in [0.25, 0.3) is 0 Å². The van der Waals surface area contributed by atoms with Crippen LogP contribution in [0.1, 0.15) is 30.1 Å². The van der Waals surface area contributed by atoms with Crippen LogP contribution in [0.5, 0.6) is 0 Å². The van der Waals surface area contributed by atoms with E-state index in [1.807, 2.05) is 12.1 Å². The molecule has 0 spiro atoms. The zero-order valence-corrected chi connectivity index (χ0v) is 12.3. The second-order valence-corrected chi connectivity index (χ2v) is 5.98. The van der Waals surface area contributed by atoms with Crippen LogP contribution in [-0.4, -0.2) is 54.7 Å². The maximum atomic E-state index is 10.4. The Bertz CT molecular complexity index is 388. The maximum Gasteiger partial charge on any atom is 0.0917 e. The molecule has 1 aliphatic rings. The smallest absolute Gasteiger partial charge is 0.0917 e. The maximum absolute atomic E-state index is 10.4. The summed E-state index contributed by atoms with van der Waals surface area (Å²) in [5, 5.41) is 10.4. The lowest BCUT2D eigenvalue weighted by atomic mass is 10.1. The number of aryl methyl sites for hydroxylation is 1. The summed E-state index contributed by atoms with van der Waals surface area (Å²) in [5.74, 6) is 0. The summed E-state index contributed by atoms with van der Waals surface area (Å²) in [6, 6.07) is 8.81. The van der Waals surface area contributed by atoms with Gasteiger partial charge in [-0.1, -0.05) is 29.8 Å². The van der Waals surface area contributed by atoms with Crippen molar-refractivity contribution < 1.29 is 5.11 Å². The molecule has 1 fully saturated rings. The Morgan fingerprint density at radius 1 is 1.32 bits per heavy atom. The molecule has 2 atom stereocenters. The summed E-state index contributed by atoms with van der Waals surface area (Å²) in [6.45, 7) is 5.02. The van der Waals surface area contributed by atoms with E-state index in [1.165, 1.54) is 18.4 Å².